The minimum absolute atomic E-state index is 0.266. The average molecular weight is 324 g/mol. The van der Waals surface area contributed by atoms with Crippen LogP contribution >= 0.6 is 0 Å². The lowest BCUT2D eigenvalue weighted by Crippen LogP contribution is -2.24. The Bertz CT molecular complexity index is 875. The SMILES string of the molecule is CNC(=O)Nc1cn2nc(C(=O)NCc3ccccc3)ccc2n1. The molecule has 24 heavy (non-hydrogen) atoms. The number of nitrogens with zero attached hydrogens (tertiary/aromatic N) is 3. The van der Waals surface area contributed by atoms with E-state index in [1.54, 1.807) is 18.3 Å². The lowest BCUT2D eigenvalue weighted by molar-refractivity contribution is 0.0944. The summed E-state index contributed by atoms with van der Waals surface area (Å²) in [5.74, 6) is 0.0685. The number of anilines is 1. The predicted octanol–water partition coefficient (Wildman–Crippen LogP) is 1.41. The van der Waals surface area contributed by atoms with Crippen LogP contribution in [-0.4, -0.2) is 33.6 Å². The molecule has 0 spiro atoms. The molecule has 3 N–H and O–H groups in total. The highest BCUT2D eigenvalue weighted by Gasteiger charge is 2.10. The Kier molecular flexibility index (Phi) is 4.37. The van der Waals surface area contributed by atoms with E-state index in [0.717, 1.165) is 5.56 Å². The van der Waals surface area contributed by atoms with Crippen LogP contribution in [0.1, 0.15) is 16.1 Å². The number of rotatable bonds is 4. The van der Waals surface area contributed by atoms with E-state index in [9.17, 15) is 9.59 Å². The highest BCUT2D eigenvalue weighted by molar-refractivity contribution is 5.92. The fourth-order valence-electron chi connectivity index (χ4n) is 2.11. The molecular weight excluding hydrogens is 308 g/mol. The highest BCUT2D eigenvalue weighted by atomic mass is 16.2. The molecule has 0 atom stereocenters. The van der Waals surface area contributed by atoms with E-state index in [4.69, 9.17) is 0 Å². The third kappa shape index (κ3) is 3.49. The minimum atomic E-state index is -0.376. The monoisotopic (exact) mass is 324 g/mol. The van der Waals surface area contributed by atoms with Gasteiger partial charge in [-0.15, -0.1) is 0 Å². The second kappa shape index (κ2) is 6.78. The standard InChI is InChI=1S/C16H16N6O2/c1-17-16(24)20-13-10-22-14(19-13)8-7-12(21-22)15(23)18-9-11-5-3-2-4-6-11/h2-8,10H,9H2,1H3,(H,18,23)(H2,17,20,24). The largest absolute Gasteiger partial charge is 0.347 e. The Morgan fingerprint density at radius 3 is 2.67 bits per heavy atom. The zero-order valence-corrected chi connectivity index (χ0v) is 13.0. The van der Waals surface area contributed by atoms with Gasteiger partial charge in [-0.1, -0.05) is 30.3 Å². The van der Waals surface area contributed by atoms with Gasteiger partial charge in [-0.2, -0.15) is 5.10 Å². The molecule has 3 aromatic rings. The van der Waals surface area contributed by atoms with Crippen LogP contribution in [0.25, 0.3) is 5.65 Å². The van der Waals surface area contributed by atoms with Crippen LogP contribution in [0.4, 0.5) is 10.6 Å². The summed E-state index contributed by atoms with van der Waals surface area (Å²) in [6.07, 6.45) is 1.54. The first kappa shape index (κ1) is 15.5. The summed E-state index contributed by atoms with van der Waals surface area (Å²) >= 11 is 0. The molecule has 0 aliphatic rings. The molecule has 0 aliphatic heterocycles. The van der Waals surface area contributed by atoms with Gasteiger partial charge in [0.25, 0.3) is 5.91 Å². The fourth-order valence-corrected chi connectivity index (χ4v) is 2.11. The van der Waals surface area contributed by atoms with Gasteiger partial charge in [-0.25, -0.2) is 14.3 Å². The first-order chi connectivity index (χ1) is 11.7. The second-order valence-electron chi connectivity index (χ2n) is 5.02. The quantitative estimate of drug-likeness (QED) is 0.675. The average Bonchev–Trinajstić information content (AvgIpc) is 3.01. The molecule has 0 saturated heterocycles. The summed E-state index contributed by atoms with van der Waals surface area (Å²) in [7, 11) is 1.51. The van der Waals surface area contributed by atoms with Crippen molar-refractivity contribution in [1.29, 1.82) is 0 Å². The van der Waals surface area contributed by atoms with E-state index in [1.165, 1.54) is 11.6 Å². The molecule has 0 unspecified atom stereocenters. The van der Waals surface area contributed by atoms with Crippen molar-refractivity contribution in [3.05, 3.63) is 59.9 Å². The molecule has 2 heterocycles. The number of aromatic nitrogens is 3. The van der Waals surface area contributed by atoms with E-state index in [2.05, 4.69) is 26.0 Å². The zero-order valence-electron chi connectivity index (χ0n) is 13.0. The number of amides is 3. The van der Waals surface area contributed by atoms with Crippen molar-refractivity contribution in [1.82, 2.24) is 25.2 Å². The van der Waals surface area contributed by atoms with Crippen LogP contribution in [0, 0.1) is 0 Å². The first-order valence-corrected chi connectivity index (χ1v) is 7.33. The van der Waals surface area contributed by atoms with Gasteiger partial charge in [-0.3, -0.25) is 10.1 Å². The molecule has 3 rings (SSSR count). The van der Waals surface area contributed by atoms with Crippen molar-refractivity contribution in [3.63, 3.8) is 0 Å². The van der Waals surface area contributed by atoms with Gasteiger partial charge in [-0.05, 0) is 17.7 Å². The van der Waals surface area contributed by atoms with Gasteiger partial charge in [0.1, 0.15) is 5.69 Å². The third-order valence-electron chi connectivity index (χ3n) is 3.32. The summed E-state index contributed by atoms with van der Waals surface area (Å²) in [5, 5.41) is 12.0. The van der Waals surface area contributed by atoms with Gasteiger partial charge in [0, 0.05) is 13.6 Å². The Balaban J connectivity index is 1.72. The number of fused-ring (bicyclic) bond motifs is 1. The number of benzene rings is 1. The summed E-state index contributed by atoms with van der Waals surface area (Å²) in [4.78, 5) is 27.7. The van der Waals surface area contributed by atoms with Gasteiger partial charge in [0.05, 0.1) is 6.20 Å². The number of hydrogen-bond donors (Lipinski definition) is 3. The number of hydrogen-bond acceptors (Lipinski definition) is 4. The Hall–Kier alpha value is -3.42. The van der Waals surface area contributed by atoms with Crippen molar-refractivity contribution in [2.75, 3.05) is 12.4 Å². The van der Waals surface area contributed by atoms with Crippen molar-refractivity contribution < 1.29 is 9.59 Å². The Morgan fingerprint density at radius 2 is 1.92 bits per heavy atom. The molecule has 0 fully saturated rings. The Morgan fingerprint density at radius 1 is 1.12 bits per heavy atom. The topological polar surface area (TPSA) is 100 Å². The van der Waals surface area contributed by atoms with E-state index < -0.39 is 0 Å². The van der Waals surface area contributed by atoms with Crippen LogP contribution in [0.5, 0.6) is 0 Å². The lowest BCUT2D eigenvalue weighted by Gasteiger charge is -2.04. The van der Waals surface area contributed by atoms with Gasteiger partial charge < -0.3 is 10.6 Å². The summed E-state index contributed by atoms with van der Waals surface area (Å²) in [6, 6.07) is 12.5. The van der Waals surface area contributed by atoms with Gasteiger partial charge in [0.2, 0.25) is 0 Å². The maximum Gasteiger partial charge on any atom is 0.320 e. The molecule has 2 aromatic heterocycles. The van der Waals surface area contributed by atoms with Crippen LogP contribution in [0.3, 0.4) is 0 Å². The highest BCUT2D eigenvalue weighted by Crippen LogP contribution is 2.09. The predicted molar refractivity (Wildman–Crippen MR) is 88.7 cm³/mol. The molecule has 122 valence electrons. The van der Waals surface area contributed by atoms with Crippen LogP contribution < -0.4 is 16.0 Å². The summed E-state index contributed by atoms with van der Waals surface area (Å²) < 4.78 is 1.45. The molecule has 8 nitrogen and oxygen atoms in total. The number of imidazole rings is 1. The molecule has 0 radical (unpaired) electrons. The van der Waals surface area contributed by atoms with Crippen molar-refractivity contribution in [2.24, 2.45) is 0 Å². The van der Waals surface area contributed by atoms with Crippen LogP contribution in [0.15, 0.2) is 48.7 Å². The molecule has 0 aliphatic carbocycles. The van der Waals surface area contributed by atoms with Gasteiger partial charge in [0.15, 0.2) is 11.5 Å². The van der Waals surface area contributed by atoms with E-state index in [0.29, 0.717) is 18.0 Å². The number of urea groups is 1. The first-order valence-electron chi connectivity index (χ1n) is 7.33. The minimum Gasteiger partial charge on any atom is -0.347 e. The van der Waals surface area contributed by atoms with Gasteiger partial charge >= 0.3 is 6.03 Å². The fraction of sp³-hybridized carbons (Fsp3) is 0.125. The smallest absolute Gasteiger partial charge is 0.320 e. The molecule has 0 bridgehead atoms. The summed E-state index contributed by atoms with van der Waals surface area (Å²) in [5.41, 5.74) is 1.80. The van der Waals surface area contributed by atoms with Crippen LogP contribution in [-0.2, 0) is 6.54 Å². The lowest BCUT2D eigenvalue weighted by atomic mass is 10.2. The normalized spacial score (nSPS) is 10.4. The molecule has 0 saturated carbocycles. The molecule has 3 amide bonds. The van der Waals surface area contributed by atoms with Crippen LogP contribution in [0.2, 0.25) is 0 Å². The molecule has 1 aromatic carbocycles. The third-order valence-corrected chi connectivity index (χ3v) is 3.32. The molecule has 8 heteroatoms. The maximum absolute atomic E-state index is 12.2. The zero-order chi connectivity index (χ0) is 16.9. The van der Waals surface area contributed by atoms with Crippen molar-refractivity contribution >= 4 is 23.4 Å². The number of carbonyl (C=O) groups excluding carboxylic acids is 2. The van der Waals surface area contributed by atoms with Crippen molar-refractivity contribution in [3.8, 4) is 0 Å². The van der Waals surface area contributed by atoms with E-state index >= 15 is 0 Å². The van der Waals surface area contributed by atoms with Crippen molar-refractivity contribution in [2.45, 2.75) is 6.54 Å². The second-order valence-corrected chi connectivity index (χ2v) is 5.02. The summed E-state index contributed by atoms with van der Waals surface area (Å²) in [6.45, 7) is 0.423. The Labute approximate surface area is 137 Å². The number of carbonyl (C=O) groups is 2. The van der Waals surface area contributed by atoms with E-state index in [1.807, 2.05) is 30.3 Å². The molecular formula is C16H16N6O2. The number of nitrogens with one attached hydrogen (secondary N) is 3. The maximum atomic E-state index is 12.2. The van der Waals surface area contributed by atoms with E-state index in [-0.39, 0.29) is 17.6 Å².